The van der Waals surface area contributed by atoms with E-state index < -0.39 is 6.10 Å². The summed E-state index contributed by atoms with van der Waals surface area (Å²) in [7, 11) is 0. The molecule has 2 atom stereocenters. The number of hydrogen-bond donors (Lipinski definition) is 3. The Morgan fingerprint density at radius 3 is 2.91 bits per heavy atom. The summed E-state index contributed by atoms with van der Waals surface area (Å²) in [5.41, 5.74) is 1.74. The minimum Gasteiger partial charge on any atom is -0.391 e. The van der Waals surface area contributed by atoms with Crippen molar-refractivity contribution in [3.05, 3.63) is 42.2 Å². The Kier molecular flexibility index (Phi) is 4.99. The molecule has 1 fully saturated rings. The predicted molar refractivity (Wildman–Crippen MR) is 85.1 cm³/mol. The number of aliphatic hydroxyl groups is 1. The molecule has 0 unspecified atom stereocenters. The van der Waals surface area contributed by atoms with Crippen LogP contribution in [0.3, 0.4) is 0 Å². The van der Waals surface area contributed by atoms with Gasteiger partial charge in [-0.25, -0.2) is 0 Å². The SMILES string of the molecule is O=C(C[C@@H]1CNC[C@H]1O)NCCc1cnn(-c2ccccc2)n1. The van der Waals surface area contributed by atoms with Gasteiger partial charge in [0.05, 0.1) is 23.7 Å². The van der Waals surface area contributed by atoms with Crippen LogP contribution in [-0.2, 0) is 11.2 Å². The van der Waals surface area contributed by atoms with Crippen LogP contribution in [0, 0.1) is 5.92 Å². The van der Waals surface area contributed by atoms with Crippen LogP contribution >= 0.6 is 0 Å². The second-order valence-corrected chi connectivity index (χ2v) is 5.75. The fourth-order valence-corrected chi connectivity index (χ4v) is 2.66. The lowest BCUT2D eigenvalue weighted by molar-refractivity contribution is -0.122. The van der Waals surface area contributed by atoms with Gasteiger partial charge in [0.15, 0.2) is 0 Å². The molecule has 3 rings (SSSR count). The van der Waals surface area contributed by atoms with Crippen molar-refractivity contribution in [1.29, 1.82) is 0 Å². The second-order valence-electron chi connectivity index (χ2n) is 5.75. The minimum absolute atomic E-state index is 0.00829. The third-order valence-corrected chi connectivity index (χ3v) is 3.98. The zero-order chi connectivity index (χ0) is 16.1. The Morgan fingerprint density at radius 1 is 1.35 bits per heavy atom. The summed E-state index contributed by atoms with van der Waals surface area (Å²) in [5, 5.41) is 24.3. The van der Waals surface area contributed by atoms with Gasteiger partial charge in [-0.05, 0) is 12.1 Å². The molecule has 23 heavy (non-hydrogen) atoms. The van der Waals surface area contributed by atoms with Crippen molar-refractivity contribution in [2.75, 3.05) is 19.6 Å². The molecule has 7 nitrogen and oxygen atoms in total. The standard InChI is InChI=1S/C16H21N5O2/c22-15-11-17-9-12(15)8-16(23)18-7-6-13-10-19-21(20-13)14-4-2-1-3-5-14/h1-5,10,12,15,17,22H,6-9,11H2,(H,18,23)/t12-,15-/m1/s1. The third kappa shape index (κ3) is 4.14. The number of carbonyl (C=O) groups is 1. The van der Waals surface area contributed by atoms with E-state index >= 15 is 0 Å². The number of benzene rings is 1. The second kappa shape index (κ2) is 7.34. The third-order valence-electron chi connectivity index (χ3n) is 3.98. The lowest BCUT2D eigenvalue weighted by Gasteiger charge is -2.12. The number of nitrogens with one attached hydrogen (secondary N) is 2. The van der Waals surface area contributed by atoms with Gasteiger partial charge in [-0.3, -0.25) is 4.79 Å². The molecular formula is C16H21N5O2. The van der Waals surface area contributed by atoms with Gasteiger partial charge in [-0.15, -0.1) is 0 Å². The lowest BCUT2D eigenvalue weighted by Crippen LogP contribution is -2.30. The van der Waals surface area contributed by atoms with Crippen LogP contribution in [0.15, 0.2) is 36.5 Å². The van der Waals surface area contributed by atoms with Crippen LogP contribution in [0.2, 0.25) is 0 Å². The van der Waals surface area contributed by atoms with E-state index in [0.717, 1.165) is 11.4 Å². The van der Waals surface area contributed by atoms with Crippen molar-refractivity contribution in [3.8, 4) is 5.69 Å². The summed E-state index contributed by atoms with van der Waals surface area (Å²) in [6.45, 7) is 1.78. The summed E-state index contributed by atoms with van der Waals surface area (Å²) in [4.78, 5) is 13.5. The number of amides is 1. The van der Waals surface area contributed by atoms with Gasteiger partial charge < -0.3 is 15.7 Å². The Morgan fingerprint density at radius 2 is 2.17 bits per heavy atom. The highest BCUT2D eigenvalue weighted by Crippen LogP contribution is 2.12. The van der Waals surface area contributed by atoms with E-state index in [9.17, 15) is 9.90 Å². The van der Waals surface area contributed by atoms with Crippen molar-refractivity contribution in [2.45, 2.75) is 18.9 Å². The first kappa shape index (κ1) is 15.6. The number of hydrogen-bond acceptors (Lipinski definition) is 5. The molecule has 7 heteroatoms. The number of rotatable bonds is 6. The number of aromatic nitrogens is 3. The van der Waals surface area contributed by atoms with Gasteiger partial charge in [0, 0.05) is 38.4 Å². The first-order valence-corrected chi connectivity index (χ1v) is 7.84. The molecule has 122 valence electrons. The van der Waals surface area contributed by atoms with E-state index in [0.29, 0.717) is 32.5 Å². The van der Waals surface area contributed by atoms with Crippen LogP contribution in [0.4, 0.5) is 0 Å². The molecule has 0 aliphatic carbocycles. The van der Waals surface area contributed by atoms with Crippen LogP contribution in [-0.4, -0.2) is 51.7 Å². The smallest absolute Gasteiger partial charge is 0.220 e. The molecule has 2 heterocycles. The number of aliphatic hydroxyl groups excluding tert-OH is 1. The van der Waals surface area contributed by atoms with Crippen molar-refractivity contribution in [1.82, 2.24) is 25.6 Å². The molecule has 0 bridgehead atoms. The lowest BCUT2D eigenvalue weighted by atomic mass is 10.0. The van der Waals surface area contributed by atoms with Crippen LogP contribution in [0.25, 0.3) is 5.69 Å². The predicted octanol–water partition coefficient (Wildman–Crippen LogP) is -0.104. The zero-order valence-electron chi connectivity index (χ0n) is 12.9. The zero-order valence-corrected chi connectivity index (χ0v) is 12.9. The summed E-state index contributed by atoms with van der Waals surface area (Å²) in [6.07, 6.45) is 2.27. The van der Waals surface area contributed by atoms with Crippen molar-refractivity contribution in [3.63, 3.8) is 0 Å². The number of nitrogens with zero attached hydrogens (tertiary/aromatic N) is 3. The van der Waals surface area contributed by atoms with Gasteiger partial charge in [0.25, 0.3) is 0 Å². The maximum Gasteiger partial charge on any atom is 0.220 e. The molecule has 0 spiro atoms. The average molecular weight is 315 g/mol. The Bertz CT molecular complexity index is 643. The van der Waals surface area contributed by atoms with Crippen LogP contribution in [0.5, 0.6) is 0 Å². The molecular weight excluding hydrogens is 294 g/mol. The van der Waals surface area contributed by atoms with Crippen molar-refractivity contribution in [2.24, 2.45) is 5.92 Å². The van der Waals surface area contributed by atoms with E-state index in [1.165, 1.54) is 0 Å². The first-order valence-electron chi connectivity index (χ1n) is 7.84. The van der Waals surface area contributed by atoms with E-state index in [1.54, 1.807) is 11.0 Å². The summed E-state index contributed by atoms with van der Waals surface area (Å²) >= 11 is 0. The Hall–Kier alpha value is -2.25. The van der Waals surface area contributed by atoms with Crippen LogP contribution < -0.4 is 10.6 Å². The number of β-amino-alcohol motifs (C(OH)–C–C–N with tert-alkyl or cyclic N) is 1. The Balaban J connectivity index is 1.44. The van der Waals surface area contributed by atoms with Gasteiger partial charge in [0.2, 0.25) is 5.91 Å². The molecule has 2 aromatic rings. The fraction of sp³-hybridized carbons (Fsp3) is 0.438. The highest BCUT2D eigenvalue weighted by atomic mass is 16.3. The molecule has 1 aromatic carbocycles. The fourth-order valence-electron chi connectivity index (χ4n) is 2.66. The highest BCUT2D eigenvalue weighted by molar-refractivity contribution is 5.76. The molecule has 3 N–H and O–H groups in total. The van der Waals surface area contributed by atoms with Crippen molar-refractivity contribution < 1.29 is 9.90 Å². The molecule has 1 aliphatic rings. The molecule has 0 radical (unpaired) electrons. The van der Waals surface area contributed by atoms with Crippen molar-refractivity contribution >= 4 is 5.91 Å². The summed E-state index contributed by atoms with van der Waals surface area (Å²) in [5.74, 6) is -0.0258. The quantitative estimate of drug-likeness (QED) is 0.692. The van der Waals surface area contributed by atoms with Gasteiger partial charge in [-0.1, -0.05) is 18.2 Å². The molecule has 0 saturated carbocycles. The molecule has 1 aromatic heterocycles. The van der Waals surface area contributed by atoms with E-state index in [4.69, 9.17) is 0 Å². The number of carbonyl (C=O) groups excluding carboxylic acids is 1. The maximum absolute atomic E-state index is 11.9. The average Bonchev–Trinajstić information content (AvgIpc) is 3.18. The highest BCUT2D eigenvalue weighted by Gasteiger charge is 2.26. The van der Waals surface area contributed by atoms with Crippen LogP contribution in [0.1, 0.15) is 12.1 Å². The van der Waals surface area contributed by atoms with Gasteiger partial charge in [0.1, 0.15) is 0 Å². The van der Waals surface area contributed by atoms with Gasteiger partial charge in [-0.2, -0.15) is 15.0 Å². The van der Waals surface area contributed by atoms with E-state index in [2.05, 4.69) is 20.8 Å². The molecule has 1 amide bonds. The number of para-hydroxylation sites is 1. The molecule has 1 saturated heterocycles. The van der Waals surface area contributed by atoms with Gasteiger partial charge >= 0.3 is 0 Å². The summed E-state index contributed by atoms with van der Waals surface area (Å²) < 4.78 is 0. The summed E-state index contributed by atoms with van der Waals surface area (Å²) in [6, 6.07) is 9.69. The minimum atomic E-state index is -0.425. The van der Waals surface area contributed by atoms with E-state index in [1.807, 2.05) is 30.3 Å². The van der Waals surface area contributed by atoms with E-state index in [-0.39, 0.29) is 11.8 Å². The Labute approximate surface area is 134 Å². The molecule has 1 aliphatic heterocycles. The topological polar surface area (TPSA) is 92.1 Å². The normalized spacial score (nSPS) is 20.6. The monoisotopic (exact) mass is 315 g/mol. The largest absolute Gasteiger partial charge is 0.391 e. The maximum atomic E-state index is 11.9. The first-order chi connectivity index (χ1) is 11.2.